The van der Waals surface area contributed by atoms with E-state index in [4.69, 9.17) is 0 Å². The molecular formula is CH9NiOP. The van der Waals surface area contributed by atoms with E-state index in [1.165, 1.54) is 0 Å². The molecule has 0 bridgehead atoms. The Kier molecular flexibility index (Phi) is 976. The van der Waals surface area contributed by atoms with E-state index in [0.29, 0.717) is 0 Å². The molecule has 0 fully saturated rings. The summed E-state index contributed by atoms with van der Waals surface area (Å²) in [7, 11) is 0. The molecule has 1 atom stereocenters. The minimum atomic E-state index is 0. The zero-order valence-electron chi connectivity index (χ0n) is 1.52. The van der Waals surface area contributed by atoms with Gasteiger partial charge in [0.25, 0.3) is 0 Å². The van der Waals surface area contributed by atoms with E-state index >= 15 is 0 Å². The molecule has 0 amide bonds. The second-order valence-corrected chi connectivity index (χ2v) is 0. The minimum Gasteiger partial charge on any atom is -0.412 e. The van der Waals surface area contributed by atoms with Gasteiger partial charge in [0.15, 0.2) is 0 Å². The molecule has 0 saturated carbocycles. The molecule has 0 aromatic carbocycles. The van der Waals surface area contributed by atoms with Crippen molar-refractivity contribution in [3.8, 4) is 0 Å². The monoisotopic (exact) mass is 126 g/mol. The van der Waals surface area contributed by atoms with Crippen LogP contribution in [0.5, 0.6) is 0 Å². The molecule has 0 saturated heterocycles. The van der Waals surface area contributed by atoms with Gasteiger partial charge in [0.05, 0.1) is 0 Å². The van der Waals surface area contributed by atoms with Gasteiger partial charge in [-0.1, -0.05) is 7.43 Å². The van der Waals surface area contributed by atoms with Crippen LogP contribution >= 0.6 is 9.90 Å². The Morgan fingerprint density at radius 3 is 1.00 bits per heavy atom. The standard InChI is InChI=1S/CH4.Ni.H2O.H3P/h1H4;;1H2;1H3. The van der Waals surface area contributed by atoms with Crippen molar-refractivity contribution in [3.05, 3.63) is 0 Å². The van der Waals surface area contributed by atoms with Gasteiger partial charge in [-0.3, -0.25) is 0 Å². The van der Waals surface area contributed by atoms with E-state index < -0.39 is 0 Å². The zero-order chi connectivity index (χ0) is 0. The van der Waals surface area contributed by atoms with Gasteiger partial charge in [-0.15, -0.1) is 0 Å². The first-order valence-corrected chi connectivity index (χ1v) is 0. The van der Waals surface area contributed by atoms with E-state index in [0.717, 1.165) is 0 Å². The molecule has 1 unspecified atom stereocenters. The van der Waals surface area contributed by atoms with Crippen molar-refractivity contribution >= 4 is 9.90 Å². The molecule has 4 heavy (non-hydrogen) atoms. The predicted molar refractivity (Wildman–Crippen MR) is 21.4 cm³/mol. The summed E-state index contributed by atoms with van der Waals surface area (Å²) in [5.41, 5.74) is 0. The van der Waals surface area contributed by atoms with Gasteiger partial charge in [0.1, 0.15) is 0 Å². The second-order valence-electron chi connectivity index (χ2n) is 0. The maximum atomic E-state index is 0. The Hall–Kier alpha value is 0.884. The maximum absolute atomic E-state index is 0. The first-order valence-electron chi connectivity index (χ1n) is 0. The molecule has 0 heterocycles. The molecule has 0 spiro atoms. The Labute approximate surface area is 40.0 Å². The van der Waals surface area contributed by atoms with Gasteiger partial charge in [-0.25, -0.2) is 0 Å². The third kappa shape index (κ3) is 13.1. The Morgan fingerprint density at radius 1 is 1.00 bits per heavy atom. The summed E-state index contributed by atoms with van der Waals surface area (Å²) < 4.78 is 0. The second kappa shape index (κ2) is 41.4. The SMILES string of the molecule is C.O.P.[Ni]. The van der Waals surface area contributed by atoms with Gasteiger partial charge in [0, 0.05) is 16.5 Å². The van der Waals surface area contributed by atoms with Crippen LogP contribution in [0.15, 0.2) is 0 Å². The first kappa shape index (κ1) is 94.4. The average molecular weight is 127 g/mol. The Morgan fingerprint density at radius 2 is 1.00 bits per heavy atom. The molecule has 34 valence electrons. The van der Waals surface area contributed by atoms with Gasteiger partial charge in [-0.05, 0) is 0 Å². The van der Waals surface area contributed by atoms with Crippen molar-refractivity contribution < 1.29 is 22.0 Å². The van der Waals surface area contributed by atoms with Crippen molar-refractivity contribution in [2.45, 2.75) is 7.43 Å². The summed E-state index contributed by atoms with van der Waals surface area (Å²) in [5, 5.41) is 0. The molecule has 0 aliphatic heterocycles. The molecular weight excluding hydrogens is 118 g/mol. The summed E-state index contributed by atoms with van der Waals surface area (Å²) in [5.74, 6) is 0. The molecule has 0 rings (SSSR count). The fourth-order valence-corrected chi connectivity index (χ4v) is 0. The van der Waals surface area contributed by atoms with Crippen molar-refractivity contribution in [2.75, 3.05) is 0 Å². The Bertz CT molecular complexity index is 8.00. The van der Waals surface area contributed by atoms with Crippen molar-refractivity contribution in [2.24, 2.45) is 0 Å². The molecule has 0 aliphatic rings. The van der Waals surface area contributed by atoms with E-state index in [1.54, 1.807) is 0 Å². The van der Waals surface area contributed by atoms with Crippen LogP contribution in [0.3, 0.4) is 0 Å². The van der Waals surface area contributed by atoms with E-state index in [2.05, 4.69) is 0 Å². The van der Waals surface area contributed by atoms with E-state index in [-0.39, 0.29) is 39.3 Å². The fraction of sp³-hybridized carbons (Fsp3) is 1.00. The maximum Gasteiger partial charge on any atom is 0 e. The fourth-order valence-electron chi connectivity index (χ4n) is 0. The zero-order valence-corrected chi connectivity index (χ0v) is 3.93. The molecule has 0 aliphatic carbocycles. The molecule has 3 heteroatoms. The third-order valence-electron chi connectivity index (χ3n) is 0. The van der Waals surface area contributed by atoms with Crippen LogP contribution in [-0.4, -0.2) is 5.48 Å². The van der Waals surface area contributed by atoms with Crippen LogP contribution in [0.2, 0.25) is 0 Å². The van der Waals surface area contributed by atoms with Crippen LogP contribution in [-0.2, 0) is 16.5 Å². The summed E-state index contributed by atoms with van der Waals surface area (Å²) in [6, 6.07) is 0. The number of rotatable bonds is 0. The normalized spacial score (nSPS) is 0. The van der Waals surface area contributed by atoms with Crippen molar-refractivity contribution in [1.29, 1.82) is 0 Å². The van der Waals surface area contributed by atoms with Crippen LogP contribution in [0, 0.1) is 0 Å². The Balaban J connectivity index is 0. The summed E-state index contributed by atoms with van der Waals surface area (Å²) >= 11 is 0. The molecule has 2 N–H and O–H groups in total. The van der Waals surface area contributed by atoms with Gasteiger partial charge in [0.2, 0.25) is 0 Å². The topological polar surface area (TPSA) is 31.5 Å². The smallest absolute Gasteiger partial charge is 0 e. The van der Waals surface area contributed by atoms with E-state index in [1.807, 2.05) is 0 Å². The number of hydrogen-bond acceptors (Lipinski definition) is 0. The van der Waals surface area contributed by atoms with Crippen molar-refractivity contribution in [3.63, 3.8) is 0 Å². The largest absolute Gasteiger partial charge is 0.412 e. The minimum absolute atomic E-state index is 0. The molecule has 0 radical (unpaired) electrons. The van der Waals surface area contributed by atoms with Gasteiger partial charge < -0.3 is 5.48 Å². The first-order chi connectivity index (χ1) is 0. The average Bonchev–Trinajstić information content (AvgIpc) is 0. The predicted octanol–water partition coefficient (Wildman–Crippen LogP) is -0.133. The summed E-state index contributed by atoms with van der Waals surface area (Å²) in [6.45, 7) is 0. The van der Waals surface area contributed by atoms with Gasteiger partial charge in [-0.2, -0.15) is 9.90 Å². The third-order valence-corrected chi connectivity index (χ3v) is 0. The van der Waals surface area contributed by atoms with Crippen LogP contribution < -0.4 is 0 Å². The molecule has 0 aromatic heterocycles. The van der Waals surface area contributed by atoms with Crippen molar-refractivity contribution in [1.82, 2.24) is 0 Å². The summed E-state index contributed by atoms with van der Waals surface area (Å²) in [6.07, 6.45) is 0. The quantitative estimate of drug-likeness (QED) is 0.320. The van der Waals surface area contributed by atoms with Gasteiger partial charge >= 0.3 is 0 Å². The van der Waals surface area contributed by atoms with E-state index in [9.17, 15) is 0 Å². The number of hydrogen-bond donors (Lipinski definition) is 0. The summed E-state index contributed by atoms with van der Waals surface area (Å²) in [4.78, 5) is 0. The van der Waals surface area contributed by atoms with Crippen LogP contribution in [0.1, 0.15) is 7.43 Å². The van der Waals surface area contributed by atoms with Crippen LogP contribution in [0.25, 0.3) is 0 Å². The molecule has 0 aromatic rings. The van der Waals surface area contributed by atoms with Crippen LogP contribution in [0.4, 0.5) is 0 Å². The molecule has 1 nitrogen and oxygen atoms in total.